The Balaban J connectivity index is 1.57. The van der Waals surface area contributed by atoms with Gasteiger partial charge in [0.05, 0.1) is 17.8 Å². The zero-order chi connectivity index (χ0) is 29.6. The van der Waals surface area contributed by atoms with Crippen LogP contribution in [0.4, 0.5) is 39.3 Å². The summed E-state index contributed by atoms with van der Waals surface area (Å²) >= 11 is 0. The van der Waals surface area contributed by atoms with Gasteiger partial charge >= 0.3 is 6.18 Å². The number of nitrogens with two attached hydrogens (primary N) is 1. The van der Waals surface area contributed by atoms with Crippen molar-refractivity contribution in [3.05, 3.63) is 47.5 Å². The Labute approximate surface area is 235 Å². The molecule has 2 aliphatic rings. The molecular formula is C29H33F5N6O. The molecule has 2 N–H and O–H groups in total. The van der Waals surface area contributed by atoms with Crippen LogP contribution < -0.4 is 20.3 Å². The first-order chi connectivity index (χ1) is 19.3. The zero-order valence-electron chi connectivity index (χ0n) is 23.4. The molecule has 1 saturated heterocycles. The number of rotatable bonds is 5. The fraction of sp³-hybridized carbons (Fsp3) is 0.448. The molecule has 3 aromatic rings. The Morgan fingerprint density at radius 3 is 2.22 bits per heavy atom. The van der Waals surface area contributed by atoms with Gasteiger partial charge in [-0.15, -0.1) is 0 Å². The standard InChI is InChI=1S/C29H33F5N6O/c1-16(2)40-11-12-41-27-21(30)14-18(15-23(27)40)26-24(31)25(36-28(35)37-26)17-5-6-22(20(13-17)29(32,33)34)39-9-7-19(8-10-39)38(3)4/h5-6,13-16,19H,7-12H2,1-4H3,(H2,35,36,37). The number of hydrogen-bond donors (Lipinski definition) is 1. The quantitative estimate of drug-likeness (QED) is 0.384. The average Bonchev–Trinajstić information content (AvgIpc) is 2.93. The molecule has 2 aromatic carbocycles. The normalized spacial score (nSPS) is 16.4. The van der Waals surface area contributed by atoms with Crippen LogP contribution >= 0.6 is 0 Å². The maximum atomic E-state index is 16.0. The first kappa shape index (κ1) is 28.8. The van der Waals surface area contributed by atoms with Crippen molar-refractivity contribution in [2.75, 3.05) is 55.9 Å². The summed E-state index contributed by atoms with van der Waals surface area (Å²) in [6, 6.07) is 6.58. The summed E-state index contributed by atoms with van der Waals surface area (Å²) in [5.74, 6) is -2.01. The molecule has 7 nitrogen and oxygen atoms in total. The number of fused-ring (bicyclic) bond motifs is 1. The smallest absolute Gasteiger partial charge is 0.418 e. The van der Waals surface area contributed by atoms with Gasteiger partial charge in [0, 0.05) is 42.0 Å². The van der Waals surface area contributed by atoms with Gasteiger partial charge in [-0.1, -0.05) is 6.07 Å². The van der Waals surface area contributed by atoms with Crippen LogP contribution in [0.2, 0.25) is 0 Å². The fourth-order valence-corrected chi connectivity index (χ4v) is 5.63. The molecule has 5 rings (SSSR count). The lowest BCUT2D eigenvalue weighted by Gasteiger charge is -2.37. The number of alkyl halides is 3. The van der Waals surface area contributed by atoms with Crippen LogP contribution in [0.15, 0.2) is 30.3 Å². The molecule has 0 atom stereocenters. The molecule has 0 amide bonds. The number of anilines is 3. The molecule has 1 aromatic heterocycles. The Morgan fingerprint density at radius 1 is 0.951 bits per heavy atom. The third kappa shape index (κ3) is 5.61. The van der Waals surface area contributed by atoms with Crippen LogP contribution in [0, 0.1) is 11.6 Å². The van der Waals surface area contributed by atoms with Gasteiger partial charge in [0.2, 0.25) is 5.95 Å². The number of nitrogens with zero attached hydrogens (tertiary/aromatic N) is 5. The van der Waals surface area contributed by atoms with Crippen LogP contribution in [-0.4, -0.2) is 67.3 Å². The van der Waals surface area contributed by atoms with Crippen molar-refractivity contribution in [3.8, 4) is 28.3 Å². The van der Waals surface area contributed by atoms with Gasteiger partial charge in [-0.3, -0.25) is 0 Å². The predicted octanol–water partition coefficient (Wildman–Crippen LogP) is 5.83. The second-order valence-electron chi connectivity index (χ2n) is 10.9. The number of piperidine rings is 1. The van der Waals surface area contributed by atoms with E-state index in [-0.39, 0.29) is 40.2 Å². The van der Waals surface area contributed by atoms with Crippen molar-refractivity contribution in [1.29, 1.82) is 0 Å². The van der Waals surface area contributed by atoms with E-state index in [4.69, 9.17) is 10.5 Å². The molecule has 41 heavy (non-hydrogen) atoms. The van der Waals surface area contributed by atoms with E-state index in [9.17, 15) is 13.2 Å². The monoisotopic (exact) mass is 576 g/mol. The van der Waals surface area contributed by atoms with E-state index < -0.39 is 29.1 Å². The van der Waals surface area contributed by atoms with E-state index in [1.807, 2.05) is 32.8 Å². The summed E-state index contributed by atoms with van der Waals surface area (Å²) in [4.78, 5) is 13.7. The van der Waals surface area contributed by atoms with Crippen LogP contribution in [-0.2, 0) is 6.18 Å². The van der Waals surface area contributed by atoms with Gasteiger partial charge in [0.25, 0.3) is 0 Å². The number of halogens is 5. The molecule has 3 heterocycles. The van der Waals surface area contributed by atoms with Crippen LogP contribution in [0.25, 0.3) is 22.5 Å². The Morgan fingerprint density at radius 2 is 1.61 bits per heavy atom. The highest BCUT2D eigenvalue weighted by Gasteiger charge is 2.37. The molecule has 0 bridgehead atoms. The zero-order valence-corrected chi connectivity index (χ0v) is 23.4. The highest BCUT2D eigenvalue weighted by molar-refractivity contribution is 5.77. The Hall–Kier alpha value is -3.67. The van der Waals surface area contributed by atoms with E-state index in [1.54, 1.807) is 11.0 Å². The SMILES string of the molecule is CC(C)N1CCOc2c(F)cc(-c3nc(N)nc(-c4ccc(N5CCC(N(C)C)CC5)c(C(F)(F)F)c4)c3F)cc21. The van der Waals surface area contributed by atoms with E-state index >= 15 is 8.78 Å². The molecule has 0 saturated carbocycles. The number of benzene rings is 2. The summed E-state index contributed by atoms with van der Waals surface area (Å²) < 4.78 is 79.5. The number of ether oxygens (including phenoxy) is 1. The summed E-state index contributed by atoms with van der Waals surface area (Å²) in [5, 5.41) is 0. The highest BCUT2D eigenvalue weighted by atomic mass is 19.4. The second kappa shape index (κ2) is 11.0. The van der Waals surface area contributed by atoms with Crippen LogP contribution in [0.1, 0.15) is 32.3 Å². The van der Waals surface area contributed by atoms with Gasteiger partial charge in [0.1, 0.15) is 18.0 Å². The molecule has 0 aliphatic carbocycles. The first-order valence-corrected chi connectivity index (χ1v) is 13.5. The lowest BCUT2D eigenvalue weighted by Crippen LogP contribution is -2.42. The average molecular weight is 577 g/mol. The Kier molecular flexibility index (Phi) is 7.71. The minimum Gasteiger partial charge on any atom is -0.486 e. The maximum absolute atomic E-state index is 16.0. The summed E-state index contributed by atoms with van der Waals surface area (Å²) in [6.07, 6.45) is -3.24. The van der Waals surface area contributed by atoms with E-state index in [0.717, 1.165) is 25.0 Å². The maximum Gasteiger partial charge on any atom is 0.418 e. The molecule has 0 spiro atoms. The highest BCUT2D eigenvalue weighted by Crippen LogP contribution is 2.43. The van der Waals surface area contributed by atoms with Crippen molar-refractivity contribution < 1.29 is 26.7 Å². The second-order valence-corrected chi connectivity index (χ2v) is 10.9. The van der Waals surface area contributed by atoms with E-state index in [2.05, 4.69) is 14.9 Å². The van der Waals surface area contributed by atoms with Crippen molar-refractivity contribution in [2.45, 2.75) is 44.9 Å². The topological polar surface area (TPSA) is 70.7 Å². The number of nitrogen functional groups attached to an aromatic ring is 1. The molecule has 2 aliphatic heterocycles. The van der Waals surface area contributed by atoms with Crippen molar-refractivity contribution in [3.63, 3.8) is 0 Å². The molecule has 12 heteroatoms. The van der Waals surface area contributed by atoms with E-state index in [0.29, 0.717) is 38.0 Å². The molecule has 1 fully saturated rings. The number of aromatic nitrogens is 2. The molecule has 0 radical (unpaired) electrons. The van der Waals surface area contributed by atoms with Gasteiger partial charge in [-0.2, -0.15) is 13.2 Å². The van der Waals surface area contributed by atoms with Gasteiger partial charge in [-0.25, -0.2) is 18.7 Å². The minimum absolute atomic E-state index is 0.0103. The van der Waals surface area contributed by atoms with Gasteiger partial charge < -0.3 is 25.2 Å². The van der Waals surface area contributed by atoms with Gasteiger partial charge in [-0.05, 0) is 65.0 Å². The summed E-state index contributed by atoms with van der Waals surface area (Å²) in [7, 11) is 3.91. The van der Waals surface area contributed by atoms with Gasteiger partial charge in [0.15, 0.2) is 17.4 Å². The lowest BCUT2D eigenvalue weighted by molar-refractivity contribution is -0.137. The van der Waals surface area contributed by atoms with E-state index in [1.165, 1.54) is 12.1 Å². The molecular weight excluding hydrogens is 543 g/mol. The molecule has 220 valence electrons. The Bertz CT molecular complexity index is 1440. The largest absolute Gasteiger partial charge is 0.486 e. The summed E-state index contributed by atoms with van der Waals surface area (Å²) in [5.41, 5.74) is 4.74. The van der Waals surface area contributed by atoms with Crippen LogP contribution in [0.5, 0.6) is 5.75 Å². The summed E-state index contributed by atoms with van der Waals surface area (Å²) in [6.45, 7) is 5.61. The third-order valence-electron chi connectivity index (χ3n) is 7.79. The van der Waals surface area contributed by atoms with Crippen LogP contribution in [0.3, 0.4) is 0 Å². The predicted molar refractivity (Wildman–Crippen MR) is 149 cm³/mol. The third-order valence-corrected chi connectivity index (χ3v) is 7.79. The minimum atomic E-state index is -4.69. The van der Waals surface area contributed by atoms with Crippen molar-refractivity contribution >= 4 is 17.3 Å². The fourth-order valence-electron chi connectivity index (χ4n) is 5.63. The molecule has 0 unspecified atom stereocenters. The lowest BCUT2D eigenvalue weighted by atomic mass is 9.99. The van der Waals surface area contributed by atoms with Crippen molar-refractivity contribution in [1.82, 2.24) is 14.9 Å². The first-order valence-electron chi connectivity index (χ1n) is 13.5. The number of hydrogen-bond acceptors (Lipinski definition) is 7. The van der Waals surface area contributed by atoms with Crippen molar-refractivity contribution in [2.24, 2.45) is 0 Å².